The summed E-state index contributed by atoms with van der Waals surface area (Å²) >= 11 is 0. The first kappa shape index (κ1) is 18.0. The zero-order valence-corrected chi connectivity index (χ0v) is 13.1. The summed E-state index contributed by atoms with van der Waals surface area (Å²) in [5.74, 6) is -2.54. The third kappa shape index (κ3) is 5.37. The lowest BCUT2D eigenvalue weighted by atomic mass is 9.80. The maximum Gasteiger partial charge on any atom is 0.391 e. The predicted molar refractivity (Wildman–Crippen MR) is 78.3 cm³/mol. The zero-order chi connectivity index (χ0) is 17.0. The quantitative estimate of drug-likeness (QED) is 0.816. The Morgan fingerprint density at radius 3 is 2.35 bits per heavy atom. The molecule has 23 heavy (non-hydrogen) atoms. The van der Waals surface area contributed by atoms with E-state index in [-0.39, 0.29) is 37.2 Å². The number of hydrogen-bond acceptors (Lipinski definition) is 3. The number of likely N-dealkylation sites (tertiary alicyclic amines) is 1. The van der Waals surface area contributed by atoms with Crippen molar-refractivity contribution in [1.29, 1.82) is 0 Å². The summed E-state index contributed by atoms with van der Waals surface area (Å²) < 4.78 is 38.4. The van der Waals surface area contributed by atoms with Crippen molar-refractivity contribution in [2.24, 2.45) is 17.6 Å². The van der Waals surface area contributed by atoms with Gasteiger partial charge in [0.25, 0.3) is 0 Å². The molecule has 2 fully saturated rings. The molecular weight excluding hydrogens is 311 g/mol. The van der Waals surface area contributed by atoms with Crippen molar-refractivity contribution in [3.63, 3.8) is 0 Å². The normalized spacial score (nSPS) is 27.6. The molecule has 132 valence electrons. The number of halogens is 3. The van der Waals surface area contributed by atoms with Crippen LogP contribution in [0.5, 0.6) is 0 Å². The Morgan fingerprint density at radius 1 is 1.13 bits per heavy atom. The number of primary amides is 1. The highest BCUT2D eigenvalue weighted by atomic mass is 19.4. The van der Waals surface area contributed by atoms with Crippen molar-refractivity contribution in [1.82, 2.24) is 10.2 Å². The Balaban J connectivity index is 1.78. The maximum absolute atomic E-state index is 12.8. The van der Waals surface area contributed by atoms with Crippen molar-refractivity contribution in [3.05, 3.63) is 0 Å². The standard InChI is InChI=1S/C15H24F3N3O2/c16-15(17,18)11-3-1-2-10(8-11)14(23)20-12-4-6-21(7-5-12)9-13(19)22/h10-12H,1-9H2,(H2,19,22)(H,20,23)/t10-,11+/m1/s1. The number of carbonyl (C=O) groups excluding carboxylic acids is 2. The number of piperidine rings is 1. The van der Waals surface area contributed by atoms with Crippen LogP contribution in [0.1, 0.15) is 38.5 Å². The molecule has 3 N–H and O–H groups in total. The van der Waals surface area contributed by atoms with E-state index in [4.69, 9.17) is 5.73 Å². The zero-order valence-electron chi connectivity index (χ0n) is 13.1. The van der Waals surface area contributed by atoms with E-state index in [2.05, 4.69) is 5.32 Å². The van der Waals surface area contributed by atoms with E-state index < -0.39 is 18.0 Å². The largest absolute Gasteiger partial charge is 0.391 e. The fourth-order valence-corrected chi connectivity index (χ4v) is 3.50. The number of alkyl halides is 3. The van der Waals surface area contributed by atoms with Gasteiger partial charge >= 0.3 is 6.18 Å². The molecule has 2 amide bonds. The van der Waals surface area contributed by atoms with E-state index in [1.807, 2.05) is 4.90 Å². The minimum absolute atomic E-state index is 0.0297. The summed E-state index contributed by atoms with van der Waals surface area (Å²) in [6.07, 6.45) is -1.84. The Bertz CT molecular complexity index is 434. The second-order valence-corrected chi connectivity index (χ2v) is 6.63. The molecule has 2 atom stereocenters. The molecule has 1 aliphatic carbocycles. The number of nitrogens with one attached hydrogen (secondary N) is 1. The number of nitrogens with zero attached hydrogens (tertiary/aromatic N) is 1. The Hall–Kier alpha value is -1.31. The molecule has 1 heterocycles. The lowest BCUT2D eigenvalue weighted by Gasteiger charge is -2.34. The summed E-state index contributed by atoms with van der Waals surface area (Å²) in [4.78, 5) is 25.0. The van der Waals surface area contributed by atoms with Crippen LogP contribution in [0, 0.1) is 11.8 Å². The number of rotatable bonds is 4. The first-order chi connectivity index (χ1) is 10.8. The summed E-state index contributed by atoms with van der Waals surface area (Å²) in [5.41, 5.74) is 5.14. The molecule has 2 aliphatic rings. The van der Waals surface area contributed by atoms with E-state index in [1.165, 1.54) is 0 Å². The van der Waals surface area contributed by atoms with Crippen molar-refractivity contribution in [3.8, 4) is 0 Å². The van der Waals surface area contributed by atoms with Crippen LogP contribution in [0.2, 0.25) is 0 Å². The first-order valence-corrected chi connectivity index (χ1v) is 8.13. The summed E-state index contributed by atoms with van der Waals surface area (Å²) in [6, 6.07) is -0.0297. The highest BCUT2D eigenvalue weighted by Gasteiger charge is 2.43. The van der Waals surface area contributed by atoms with Gasteiger partial charge in [0.2, 0.25) is 11.8 Å². The third-order valence-electron chi connectivity index (χ3n) is 4.82. The van der Waals surface area contributed by atoms with E-state index in [0.717, 1.165) is 0 Å². The van der Waals surface area contributed by atoms with E-state index >= 15 is 0 Å². The van der Waals surface area contributed by atoms with Gasteiger partial charge in [0.1, 0.15) is 0 Å². The van der Waals surface area contributed by atoms with Gasteiger partial charge in [0, 0.05) is 25.0 Å². The van der Waals surface area contributed by atoms with Crippen molar-refractivity contribution >= 4 is 11.8 Å². The van der Waals surface area contributed by atoms with Gasteiger partial charge in [0.05, 0.1) is 12.5 Å². The molecule has 2 rings (SSSR count). The van der Waals surface area contributed by atoms with Crippen LogP contribution in [-0.4, -0.2) is 48.6 Å². The predicted octanol–water partition coefficient (Wildman–Crippen LogP) is 1.42. The van der Waals surface area contributed by atoms with Crippen LogP contribution < -0.4 is 11.1 Å². The summed E-state index contributed by atoms with van der Waals surface area (Å²) in [7, 11) is 0. The molecule has 0 aromatic carbocycles. The van der Waals surface area contributed by atoms with Gasteiger partial charge in [-0.25, -0.2) is 0 Å². The average Bonchev–Trinajstić information content (AvgIpc) is 2.48. The fourth-order valence-electron chi connectivity index (χ4n) is 3.50. The van der Waals surface area contributed by atoms with Gasteiger partial charge in [-0.3, -0.25) is 14.5 Å². The van der Waals surface area contributed by atoms with Crippen LogP contribution in [0.4, 0.5) is 13.2 Å². The molecular formula is C15H24F3N3O2. The second-order valence-electron chi connectivity index (χ2n) is 6.63. The van der Waals surface area contributed by atoms with Crippen LogP contribution in [-0.2, 0) is 9.59 Å². The summed E-state index contributed by atoms with van der Waals surface area (Å²) in [5, 5.41) is 2.89. The topological polar surface area (TPSA) is 75.4 Å². The molecule has 1 aliphatic heterocycles. The maximum atomic E-state index is 12.8. The van der Waals surface area contributed by atoms with Crippen LogP contribution in [0.3, 0.4) is 0 Å². The smallest absolute Gasteiger partial charge is 0.369 e. The SMILES string of the molecule is NC(=O)CN1CCC(NC(=O)[C@@H]2CCC[C@H](C(F)(F)F)C2)CC1. The monoisotopic (exact) mass is 335 g/mol. The number of carbonyl (C=O) groups is 2. The Kier molecular flexibility index (Phi) is 5.89. The number of amides is 2. The highest BCUT2D eigenvalue weighted by Crippen LogP contribution is 2.40. The first-order valence-electron chi connectivity index (χ1n) is 8.13. The number of hydrogen-bond donors (Lipinski definition) is 2. The molecule has 0 bridgehead atoms. The van der Waals surface area contributed by atoms with Gasteiger partial charge in [-0.2, -0.15) is 13.2 Å². The Morgan fingerprint density at radius 2 is 1.78 bits per heavy atom. The Labute approximate surface area is 133 Å². The molecule has 0 aromatic heterocycles. The van der Waals surface area contributed by atoms with Crippen molar-refractivity contribution in [2.75, 3.05) is 19.6 Å². The molecule has 1 saturated heterocycles. The average molecular weight is 335 g/mol. The fraction of sp³-hybridized carbons (Fsp3) is 0.867. The van der Waals surface area contributed by atoms with E-state index in [9.17, 15) is 22.8 Å². The molecule has 1 saturated carbocycles. The van der Waals surface area contributed by atoms with Crippen LogP contribution in [0.15, 0.2) is 0 Å². The van der Waals surface area contributed by atoms with Crippen molar-refractivity contribution in [2.45, 2.75) is 50.7 Å². The second kappa shape index (κ2) is 7.51. The van der Waals surface area contributed by atoms with Crippen LogP contribution in [0.25, 0.3) is 0 Å². The third-order valence-corrected chi connectivity index (χ3v) is 4.82. The van der Waals surface area contributed by atoms with Gasteiger partial charge in [-0.1, -0.05) is 6.42 Å². The minimum Gasteiger partial charge on any atom is -0.369 e. The lowest BCUT2D eigenvalue weighted by molar-refractivity contribution is -0.186. The summed E-state index contributed by atoms with van der Waals surface area (Å²) in [6.45, 7) is 1.52. The van der Waals surface area contributed by atoms with Gasteiger partial charge < -0.3 is 11.1 Å². The highest BCUT2D eigenvalue weighted by molar-refractivity contribution is 5.79. The van der Waals surface area contributed by atoms with Crippen molar-refractivity contribution < 1.29 is 22.8 Å². The molecule has 0 unspecified atom stereocenters. The van der Waals surface area contributed by atoms with Gasteiger partial charge in [0.15, 0.2) is 0 Å². The molecule has 0 spiro atoms. The van der Waals surface area contributed by atoms with E-state index in [1.54, 1.807) is 0 Å². The molecule has 0 radical (unpaired) electrons. The minimum atomic E-state index is -4.21. The molecule has 0 aromatic rings. The lowest BCUT2D eigenvalue weighted by Crippen LogP contribution is -2.48. The number of nitrogens with two attached hydrogens (primary N) is 1. The van der Waals surface area contributed by atoms with Gasteiger partial charge in [-0.15, -0.1) is 0 Å². The van der Waals surface area contributed by atoms with Crippen LogP contribution >= 0.6 is 0 Å². The molecule has 8 heteroatoms. The van der Waals surface area contributed by atoms with Gasteiger partial charge in [-0.05, 0) is 32.1 Å². The molecule has 5 nitrogen and oxygen atoms in total. The van der Waals surface area contributed by atoms with E-state index in [0.29, 0.717) is 38.8 Å².